The fourth-order valence-electron chi connectivity index (χ4n) is 3.70. The quantitative estimate of drug-likeness (QED) is 0.775. The smallest absolute Gasteiger partial charge is 0.325 e. The van der Waals surface area contributed by atoms with E-state index in [2.05, 4.69) is 15.6 Å². The zero-order chi connectivity index (χ0) is 18.9. The van der Waals surface area contributed by atoms with E-state index in [1.807, 2.05) is 29.6 Å². The van der Waals surface area contributed by atoms with E-state index >= 15 is 0 Å². The Morgan fingerprint density at radius 3 is 2.63 bits per heavy atom. The monoisotopic (exact) mass is 384 g/mol. The molecular formula is C19H20N4O3S. The molecule has 1 aromatic carbocycles. The molecule has 27 heavy (non-hydrogen) atoms. The average Bonchev–Trinajstić information content (AvgIpc) is 3.38. The van der Waals surface area contributed by atoms with Crippen LogP contribution in [-0.2, 0) is 9.59 Å². The van der Waals surface area contributed by atoms with E-state index in [0.717, 1.165) is 23.4 Å². The lowest BCUT2D eigenvalue weighted by atomic mass is 9.98. The van der Waals surface area contributed by atoms with E-state index < -0.39 is 5.54 Å². The van der Waals surface area contributed by atoms with Gasteiger partial charge in [0.15, 0.2) is 0 Å². The molecule has 0 atom stereocenters. The first-order valence-corrected chi connectivity index (χ1v) is 9.89. The SMILES string of the molecule is O=C(CCN1C(=O)NC2(CCCC2)C1=O)Nc1ccc(-c2nccs2)cc1. The lowest BCUT2D eigenvalue weighted by Crippen LogP contribution is -2.44. The summed E-state index contributed by atoms with van der Waals surface area (Å²) in [5.74, 6) is -0.421. The molecule has 2 aliphatic rings. The molecule has 1 saturated carbocycles. The summed E-state index contributed by atoms with van der Waals surface area (Å²) < 4.78 is 0. The average molecular weight is 384 g/mol. The van der Waals surface area contributed by atoms with E-state index in [9.17, 15) is 14.4 Å². The zero-order valence-corrected chi connectivity index (χ0v) is 15.6. The second-order valence-electron chi connectivity index (χ2n) is 6.89. The standard InChI is InChI=1S/C19H20N4O3S/c24-15(21-14-5-3-13(4-6-14)16-20-10-12-27-16)7-11-23-17(25)19(22-18(23)26)8-1-2-9-19/h3-6,10,12H,1-2,7-9,11H2,(H,21,24)(H,22,26). The lowest BCUT2D eigenvalue weighted by molar-refractivity contribution is -0.131. The predicted molar refractivity (Wildman–Crippen MR) is 102 cm³/mol. The fraction of sp³-hybridized carbons (Fsp3) is 0.368. The number of imide groups is 1. The van der Waals surface area contributed by atoms with Gasteiger partial charge in [-0.05, 0) is 37.1 Å². The van der Waals surface area contributed by atoms with Crippen molar-refractivity contribution in [3.05, 3.63) is 35.8 Å². The number of carbonyl (C=O) groups is 3. The third-order valence-electron chi connectivity index (χ3n) is 5.11. The number of anilines is 1. The molecule has 0 unspecified atom stereocenters. The van der Waals surface area contributed by atoms with Gasteiger partial charge in [-0.25, -0.2) is 9.78 Å². The van der Waals surface area contributed by atoms with Crippen molar-refractivity contribution in [3.63, 3.8) is 0 Å². The van der Waals surface area contributed by atoms with Gasteiger partial charge in [-0.2, -0.15) is 0 Å². The highest BCUT2D eigenvalue weighted by atomic mass is 32.1. The van der Waals surface area contributed by atoms with Crippen LogP contribution in [0.5, 0.6) is 0 Å². The Morgan fingerprint density at radius 1 is 1.22 bits per heavy atom. The van der Waals surface area contributed by atoms with Crippen LogP contribution in [0.4, 0.5) is 10.5 Å². The van der Waals surface area contributed by atoms with E-state index in [0.29, 0.717) is 18.5 Å². The van der Waals surface area contributed by atoms with Crippen LogP contribution in [0.3, 0.4) is 0 Å². The summed E-state index contributed by atoms with van der Waals surface area (Å²) in [5, 5.41) is 8.46. The summed E-state index contributed by atoms with van der Waals surface area (Å²) in [5.41, 5.74) is 0.938. The van der Waals surface area contributed by atoms with Crippen molar-refractivity contribution in [2.45, 2.75) is 37.6 Å². The number of aromatic nitrogens is 1. The van der Waals surface area contributed by atoms with Gasteiger partial charge in [0.2, 0.25) is 5.91 Å². The Labute approximate surface area is 160 Å². The van der Waals surface area contributed by atoms with E-state index in [4.69, 9.17) is 0 Å². The van der Waals surface area contributed by atoms with Crippen LogP contribution in [-0.4, -0.2) is 39.8 Å². The fourth-order valence-corrected chi connectivity index (χ4v) is 4.34. The highest BCUT2D eigenvalue weighted by Crippen LogP contribution is 2.35. The molecule has 1 aromatic heterocycles. The molecule has 2 heterocycles. The first-order valence-electron chi connectivity index (χ1n) is 9.01. The third kappa shape index (κ3) is 3.44. The lowest BCUT2D eigenvalue weighted by Gasteiger charge is -2.19. The summed E-state index contributed by atoms with van der Waals surface area (Å²) >= 11 is 1.55. The maximum absolute atomic E-state index is 12.6. The molecule has 1 aliphatic heterocycles. The van der Waals surface area contributed by atoms with Crippen molar-refractivity contribution in [2.75, 3.05) is 11.9 Å². The van der Waals surface area contributed by atoms with Crippen molar-refractivity contribution >= 4 is 34.9 Å². The van der Waals surface area contributed by atoms with E-state index in [1.165, 1.54) is 4.90 Å². The normalized spacial score (nSPS) is 18.1. The highest BCUT2D eigenvalue weighted by molar-refractivity contribution is 7.13. The molecule has 0 radical (unpaired) electrons. The summed E-state index contributed by atoms with van der Waals surface area (Å²) in [6.45, 7) is 0.0927. The number of nitrogens with one attached hydrogen (secondary N) is 2. The van der Waals surface area contributed by atoms with Gasteiger partial charge in [0.1, 0.15) is 10.5 Å². The number of carbonyl (C=O) groups excluding carboxylic acids is 3. The van der Waals surface area contributed by atoms with Crippen molar-refractivity contribution < 1.29 is 14.4 Å². The van der Waals surface area contributed by atoms with Gasteiger partial charge in [-0.1, -0.05) is 12.8 Å². The largest absolute Gasteiger partial charge is 0.326 e. The topological polar surface area (TPSA) is 91.4 Å². The Bertz CT molecular complexity index is 858. The minimum Gasteiger partial charge on any atom is -0.326 e. The molecule has 4 rings (SSSR count). The number of urea groups is 1. The van der Waals surface area contributed by atoms with Crippen LogP contribution in [0.25, 0.3) is 10.6 Å². The first kappa shape index (κ1) is 17.7. The van der Waals surface area contributed by atoms with E-state index in [-0.39, 0.29) is 30.8 Å². The van der Waals surface area contributed by atoms with E-state index in [1.54, 1.807) is 17.5 Å². The molecule has 2 fully saturated rings. The number of rotatable bonds is 5. The molecule has 2 N–H and O–H groups in total. The van der Waals surface area contributed by atoms with Gasteiger partial charge in [-0.15, -0.1) is 11.3 Å². The number of hydrogen-bond donors (Lipinski definition) is 2. The van der Waals surface area contributed by atoms with Crippen LogP contribution < -0.4 is 10.6 Å². The molecule has 2 aromatic rings. The van der Waals surface area contributed by atoms with Gasteiger partial charge >= 0.3 is 6.03 Å². The number of amides is 4. The number of benzene rings is 1. The molecule has 1 saturated heterocycles. The van der Waals surface area contributed by atoms with Crippen LogP contribution in [0.15, 0.2) is 35.8 Å². The van der Waals surface area contributed by atoms with Crippen LogP contribution >= 0.6 is 11.3 Å². The Kier molecular flexibility index (Phi) is 4.65. The van der Waals surface area contributed by atoms with Crippen molar-refractivity contribution in [1.82, 2.24) is 15.2 Å². The molecule has 1 spiro atoms. The van der Waals surface area contributed by atoms with Crippen molar-refractivity contribution in [2.24, 2.45) is 0 Å². The number of nitrogens with zero attached hydrogens (tertiary/aromatic N) is 2. The minimum atomic E-state index is -0.723. The molecule has 8 heteroatoms. The van der Waals surface area contributed by atoms with Gasteiger partial charge in [0.05, 0.1) is 0 Å². The summed E-state index contributed by atoms with van der Waals surface area (Å²) in [6.07, 6.45) is 5.08. The Hall–Kier alpha value is -2.74. The summed E-state index contributed by atoms with van der Waals surface area (Å²) in [7, 11) is 0. The molecule has 4 amide bonds. The molecule has 140 valence electrons. The third-order valence-corrected chi connectivity index (χ3v) is 5.94. The second-order valence-corrected chi connectivity index (χ2v) is 7.78. The van der Waals surface area contributed by atoms with Crippen LogP contribution in [0, 0.1) is 0 Å². The summed E-state index contributed by atoms with van der Waals surface area (Å²) in [4.78, 5) is 42.3. The number of hydrogen-bond acceptors (Lipinski definition) is 5. The highest BCUT2D eigenvalue weighted by Gasteiger charge is 2.52. The molecule has 0 bridgehead atoms. The molecule has 7 nitrogen and oxygen atoms in total. The van der Waals surface area contributed by atoms with Gasteiger partial charge in [0, 0.05) is 35.8 Å². The van der Waals surface area contributed by atoms with Gasteiger partial charge in [-0.3, -0.25) is 14.5 Å². The molecule has 1 aliphatic carbocycles. The Balaban J connectivity index is 1.32. The second kappa shape index (κ2) is 7.11. The van der Waals surface area contributed by atoms with Crippen LogP contribution in [0.2, 0.25) is 0 Å². The summed E-state index contributed by atoms with van der Waals surface area (Å²) in [6, 6.07) is 7.04. The minimum absolute atomic E-state index is 0.0729. The van der Waals surface area contributed by atoms with Crippen molar-refractivity contribution in [3.8, 4) is 10.6 Å². The zero-order valence-electron chi connectivity index (χ0n) is 14.7. The molecular weight excluding hydrogens is 364 g/mol. The van der Waals surface area contributed by atoms with Gasteiger partial charge in [0.25, 0.3) is 5.91 Å². The number of thiazole rings is 1. The van der Waals surface area contributed by atoms with Crippen molar-refractivity contribution in [1.29, 1.82) is 0 Å². The van der Waals surface area contributed by atoms with Gasteiger partial charge < -0.3 is 10.6 Å². The maximum atomic E-state index is 12.6. The predicted octanol–water partition coefficient (Wildman–Crippen LogP) is 3.00. The maximum Gasteiger partial charge on any atom is 0.325 e. The Morgan fingerprint density at radius 2 is 1.96 bits per heavy atom. The first-order chi connectivity index (χ1) is 13.1. The van der Waals surface area contributed by atoms with Crippen LogP contribution in [0.1, 0.15) is 32.1 Å².